The third kappa shape index (κ3) is 3.00. The first-order valence-electron chi connectivity index (χ1n) is 8.04. The first-order valence-corrected chi connectivity index (χ1v) is 9.26. The molecule has 3 rings (SSSR count). The number of nitrogens with zero attached hydrogens (tertiary/aromatic N) is 2. The van der Waals surface area contributed by atoms with E-state index in [1.807, 2.05) is 23.3 Å². The number of aromatic nitrogens is 1. The summed E-state index contributed by atoms with van der Waals surface area (Å²) >= 11 is 1.53. The van der Waals surface area contributed by atoms with E-state index in [2.05, 4.69) is 22.8 Å². The van der Waals surface area contributed by atoms with E-state index < -0.39 is 0 Å². The largest absolute Gasteiger partial charge is 0.338 e. The Morgan fingerprint density at radius 1 is 1.50 bits per heavy atom. The van der Waals surface area contributed by atoms with E-state index in [-0.39, 0.29) is 5.91 Å². The second-order valence-electron chi connectivity index (χ2n) is 6.05. The molecule has 1 amide bonds. The van der Waals surface area contributed by atoms with Gasteiger partial charge in [-0.15, -0.1) is 11.8 Å². The van der Waals surface area contributed by atoms with Crippen molar-refractivity contribution in [3.05, 3.63) is 23.9 Å². The third-order valence-electron chi connectivity index (χ3n) is 4.71. The number of pyridine rings is 1. The number of thioether (sulfide) groups is 1. The van der Waals surface area contributed by atoms with Crippen molar-refractivity contribution < 1.29 is 4.79 Å². The number of hydrazine groups is 1. The van der Waals surface area contributed by atoms with Crippen molar-refractivity contribution in [2.75, 3.05) is 19.3 Å². The lowest BCUT2D eigenvalue weighted by Crippen LogP contribution is -2.48. The molecule has 0 aromatic carbocycles. The van der Waals surface area contributed by atoms with Crippen LogP contribution >= 0.6 is 11.8 Å². The highest BCUT2D eigenvalue weighted by Gasteiger charge is 2.40. The molecule has 5 nitrogen and oxygen atoms in total. The monoisotopic (exact) mass is 320 g/mol. The molecular weight excluding hydrogens is 296 g/mol. The van der Waals surface area contributed by atoms with Crippen molar-refractivity contribution in [3.63, 3.8) is 0 Å². The quantitative estimate of drug-likeness (QED) is 0.830. The molecule has 3 atom stereocenters. The van der Waals surface area contributed by atoms with Gasteiger partial charge in [0.15, 0.2) is 0 Å². The number of hydrogen-bond donors (Lipinski definition) is 2. The van der Waals surface area contributed by atoms with Gasteiger partial charge in [-0.1, -0.05) is 13.3 Å². The van der Waals surface area contributed by atoms with E-state index in [9.17, 15) is 4.79 Å². The zero-order valence-electron chi connectivity index (χ0n) is 13.2. The maximum Gasteiger partial charge on any atom is 0.256 e. The highest BCUT2D eigenvalue weighted by Crippen LogP contribution is 2.28. The van der Waals surface area contributed by atoms with Gasteiger partial charge in [0.25, 0.3) is 5.91 Å². The Morgan fingerprint density at radius 3 is 3.14 bits per heavy atom. The molecule has 0 radical (unpaired) electrons. The van der Waals surface area contributed by atoms with Crippen LogP contribution in [0.25, 0.3) is 0 Å². The summed E-state index contributed by atoms with van der Waals surface area (Å²) in [6.45, 7) is 3.86. The van der Waals surface area contributed by atoms with E-state index in [1.54, 1.807) is 6.20 Å². The van der Waals surface area contributed by atoms with Gasteiger partial charge in [-0.3, -0.25) is 15.6 Å². The summed E-state index contributed by atoms with van der Waals surface area (Å²) < 4.78 is 0. The van der Waals surface area contributed by atoms with Gasteiger partial charge in [-0.25, -0.2) is 4.98 Å². The lowest BCUT2D eigenvalue weighted by molar-refractivity contribution is 0.0646. The molecule has 2 N–H and O–H groups in total. The summed E-state index contributed by atoms with van der Waals surface area (Å²) in [5.74, 6) is 0.630. The summed E-state index contributed by atoms with van der Waals surface area (Å²) in [4.78, 5) is 19.2. The summed E-state index contributed by atoms with van der Waals surface area (Å²) in [5.41, 5.74) is 7.56. The van der Waals surface area contributed by atoms with Crippen molar-refractivity contribution in [2.24, 2.45) is 5.92 Å². The zero-order valence-corrected chi connectivity index (χ0v) is 14.0. The number of nitrogens with one attached hydrogen (secondary N) is 2. The molecule has 2 aliphatic heterocycles. The van der Waals surface area contributed by atoms with Gasteiger partial charge in [0.05, 0.1) is 5.56 Å². The molecule has 120 valence electrons. The fourth-order valence-electron chi connectivity index (χ4n) is 3.56. The number of carbonyl (C=O) groups is 1. The fraction of sp³-hybridized carbons (Fsp3) is 0.625. The SMILES string of the molecule is CCCC1NNC2CCN(C(=O)c3cccnc3SC)CC12. The molecule has 1 aromatic heterocycles. The van der Waals surface area contributed by atoms with Crippen LogP contribution < -0.4 is 10.9 Å². The van der Waals surface area contributed by atoms with Crippen LogP contribution in [-0.4, -0.2) is 47.2 Å². The van der Waals surface area contributed by atoms with Gasteiger partial charge < -0.3 is 4.90 Å². The number of likely N-dealkylation sites (tertiary alicyclic amines) is 1. The van der Waals surface area contributed by atoms with Crippen molar-refractivity contribution in [1.82, 2.24) is 20.7 Å². The Morgan fingerprint density at radius 2 is 2.36 bits per heavy atom. The summed E-state index contributed by atoms with van der Waals surface area (Å²) in [6.07, 6.45) is 7.04. The molecule has 1 aromatic rings. The Kier molecular flexibility index (Phi) is 5.00. The van der Waals surface area contributed by atoms with Gasteiger partial charge in [0, 0.05) is 37.3 Å². The third-order valence-corrected chi connectivity index (χ3v) is 5.42. The molecule has 2 fully saturated rings. The number of piperidine rings is 1. The Bertz CT molecular complexity index is 539. The fourth-order valence-corrected chi connectivity index (χ4v) is 4.10. The van der Waals surface area contributed by atoms with E-state index in [1.165, 1.54) is 11.8 Å². The predicted octanol–water partition coefficient (Wildman–Crippen LogP) is 1.91. The predicted molar refractivity (Wildman–Crippen MR) is 88.8 cm³/mol. The van der Waals surface area contributed by atoms with Crippen LogP contribution in [0.4, 0.5) is 0 Å². The molecule has 2 aliphatic rings. The van der Waals surface area contributed by atoms with E-state index in [4.69, 9.17) is 0 Å². The van der Waals surface area contributed by atoms with Crippen LogP contribution in [0, 0.1) is 5.92 Å². The molecular formula is C16H24N4OS. The standard InChI is InChI=1S/C16H24N4OS/c1-3-5-13-12-10-20(9-7-14(12)19-18-13)16(21)11-6-4-8-17-15(11)22-2/h4,6,8,12-14,18-19H,3,5,7,9-10H2,1-2H3. The van der Waals surface area contributed by atoms with Gasteiger partial charge in [0.2, 0.25) is 0 Å². The van der Waals surface area contributed by atoms with Crippen LogP contribution in [0.3, 0.4) is 0 Å². The normalized spacial score (nSPS) is 27.7. The van der Waals surface area contributed by atoms with Gasteiger partial charge in [-0.2, -0.15) is 0 Å². The topological polar surface area (TPSA) is 57.3 Å². The maximum absolute atomic E-state index is 12.9. The number of hydrogen-bond acceptors (Lipinski definition) is 5. The van der Waals surface area contributed by atoms with Crippen molar-refractivity contribution in [3.8, 4) is 0 Å². The molecule has 0 spiro atoms. The second-order valence-corrected chi connectivity index (χ2v) is 6.85. The summed E-state index contributed by atoms with van der Waals surface area (Å²) in [7, 11) is 0. The van der Waals surface area contributed by atoms with Crippen LogP contribution in [0.5, 0.6) is 0 Å². The lowest BCUT2D eigenvalue weighted by atomic mass is 9.86. The smallest absolute Gasteiger partial charge is 0.256 e. The Balaban J connectivity index is 1.74. The molecule has 3 heterocycles. The Hall–Kier alpha value is -1.11. The van der Waals surface area contributed by atoms with Crippen molar-refractivity contribution in [1.29, 1.82) is 0 Å². The van der Waals surface area contributed by atoms with Crippen LogP contribution in [0.1, 0.15) is 36.5 Å². The van der Waals surface area contributed by atoms with E-state index >= 15 is 0 Å². The average Bonchev–Trinajstić information content (AvgIpc) is 2.97. The molecule has 3 unspecified atom stereocenters. The molecule has 0 saturated carbocycles. The van der Waals surface area contributed by atoms with Gasteiger partial charge in [0.1, 0.15) is 5.03 Å². The number of fused-ring (bicyclic) bond motifs is 1. The molecule has 22 heavy (non-hydrogen) atoms. The second kappa shape index (κ2) is 6.98. The minimum absolute atomic E-state index is 0.123. The van der Waals surface area contributed by atoms with E-state index in [0.29, 0.717) is 18.0 Å². The molecule has 0 bridgehead atoms. The van der Waals surface area contributed by atoms with Crippen LogP contribution in [-0.2, 0) is 0 Å². The highest BCUT2D eigenvalue weighted by atomic mass is 32.2. The van der Waals surface area contributed by atoms with E-state index in [0.717, 1.165) is 42.9 Å². The van der Waals surface area contributed by atoms with Crippen LogP contribution in [0.15, 0.2) is 23.4 Å². The zero-order chi connectivity index (χ0) is 15.5. The lowest BCUT2D eigenvalue weighted by Gasteiger charge is -2.36. The first-order chi connectivity index (χ1) is 10.7. The number of carbonyl (C=O) groups excluding carboxylic acids is 1. The number of amides is 1. The average molecular weight is 320 g/mol. The summed E-state index contributed by atoms with van der Waals surface area (Å²) in [5, 5.41) is 0.822. The van der Waals surface area contributed by atoms with Gasteiger partial charge >= 0.3 is 0 Å². The van der Waals surface area contributed by atoms with Gasteiger partial charge in [-0.05, 0) is 31.2 Å². The minimum Gasteiger partial charge on any atom is -0.338 e. The molecule has 2 saturated heterocycles. The van der Waals surface area contributed by atoms with Crippen LogP contribution in [0.2, 0.25) is 0 Å². The Labute approximate surface area is 136 Å². The van der Waals surface area contributed by atoms with Crippen molar-refractivity contribution >= 4 is 17.7 Å². The summed E-state index contributed by atoms with van der Waals surface area (Å²) in [6, 6.07) is 4.70. The minimum atomic E-state index is 0.123. The highest BCUT2D eigenvalue weighted by molar-refractivity contribution is 7.98. The molecule has 0 aliphatic carbocycles. The number of rotatable bonds is 4. The first kappa shape index (κ1) is 15.8. The maximum atomic E-state index is 12.9. The molecule has 6 heteroatoms. The van der Waals surface area contributed by atoms with Crippen molar-refractivity contribution in [2.45, 2.75) is 43.3 Å².